The molecule has 0 aromatic carbocycles. The number of carbonyl (C=O) groups is 2. The van der Waals surface area contributed by atoms with Crippen LogP contribution in [0.25, 0.3) is 0 Å². The summed E-state index contributed by atoms with van der Waals surface area (Å²) in [7, 11) is 1.81. The highest BCUT2D eigenvalue weighted by Crippen LogP contribution is 2.14. The van der Waals surface area contributed by atoms with Gasteiger partial charge in [0, 0.05) is 32.0 Å². The van der Waals surface area contributed by atoms with Crippen LogP contribution >= 0.6 is 0 Å². The minimum atomic E-state index is -0.0146. The summed E-state index contributed by atoms with van der Waals surface area (Å²) < 4.78 is 0. The fourth-order valence-electron chi connectivity index (χ4n) is 1.87. The zero-order chi connectivity index (χ0) is 12.1. The van der Waals surface area contributed by atoms with Crippen LogP contribution in [0.4, 0.5) is 0 Å². The second kappa shape index (κ2) is 5.84. The van der Waals surface area contributed by atoms with Crippen molar-refractivity contribution in [3.63, 3.8) is 0 Å². The molecule has 2 N–H and O–H groups in total. The van der Waals surface area contributed by atoms with Crippen molar-refractivity contribution in [3.8, 4) is 0 Å². The average Bonchev–Trinajstić information content (AvgIpc) is 2.56. The molecule has 1 aliphatic heterocycles. The summed E-state index contributed by atoms with van der Waals surface area (Å²) in [5, 5.41) is 5.81. The van der Waals surface area contributed by atoms with Crippen LogP contribution in [0.1, 0.15) is 26.7 Å². The van der Waals surface area contributed by atoms with E-state index in [1.807, 2.05) is 25.8 Å². The van der Waals surface area contributed by atoms with E-state index < -0.39 is 0 Å². The highest BCUT2D eigenvalue weighted by atomic mass is 16.2. The molecule has 0 spiro atoms. The van der Waals surface area contributed by atoms with Gasteiger partial charge in [0.05, 0.1) is 6.04 Å². The van der Waals surface area contributed by atoms with Gasteiger partial charge in [-0.25, -0.2) is 0 Å². The predicted octanol–water partition coefficient (Wildman–Crippen LogP) is -0.279. The number of nitrogens with zero attached hydrogens (tertiary/aromatic N) is 1. The van der Waals surface area contributed by atoms with Crippen LogP contribution in [0, 0.1) is 0 Å². The normalized spacial score (nSPS) is 20.6. The van der Waals surface area contributed by atoms with Crippen molar-refractivity contribution in [2.24, 2.45) is 0 Å². The lowest BCUT2D eigenvalue weighted by molar-refractivity contribution is -0.129. The lowest BCUT2D eigenvalue weighted by Gasteiger charge is -2.21. The van der Waals surface area contributed by atoms with Gasteiger partial charge in [-0.3, -0.25) is 9.59 Å². The number of hydrogen-bond acceptors (Lipinski definition) is 3. The monoisotopic (exact) mass is 227 g/mol. The summed E-state index contributed by atoms with van der Waals surface area (Å²) in [5.74, 6) is 0.145. The first-order valence-corrected chi connectivity index (χ1v) is 5.78. The summed E-state index contributed by atoms with van der Waals surface area (Å²) in [5.41, 5.74) is 0. The SMILES string of the molecule is CNCCC(=O)NC1CC(=O)N(C(C)C)C1. The Balaban J connectivity index is 2.35. The maximum Gasteiger partial charge on any atom is 0.225 e. The quantitative estimate of drug-likeness (QED) is 0.679. The molecule has 5 heteroatoms. The Morgan fingerprint density at radius 3 is 2.75 bits per heavy atom. The summed E-state index contributed by atoms with van der Waals surface area (Å²) in [6, 6.07) is 0.200. The third-order valence-electron chi connectivity index (χ3n) is 2.75. The van der Waals surface area contributed by atoms with Gasteiger partial charge in [-0.1, -0.05) is 0 Å². The fourth-order valence-corrected chi connectivity index (χ4v) is 1.87. The second-order valence-corrected chi connectivity index (χ2v) is 4.46. The molecular weight excluding hydrogens is 206 g/mol. The highest BCUT2D eigenvalue weighted by Gasteiger charge is 2.31. The molecule has 1 rings (SSSR count). The molecule has 1 saturated heterocycles. The first kappa shape index (κ1) is 13.0. The van der Waals surface area contributed by atoms with Crippen LogP contribution in [0.5, 0.6) is 0 Å². The molecule has 0 aromatic heterocycles. The van der Waals surface area contributed by atoms with E-state index in [-0.39, 0.29) is 23.9 Å². The van der Waals surface area contributed by atoms with Crippen molar-refractivity contribution in [1.82, 2.24) is 15.5 Å². The number of rotatable bonds is 5. The highest BCUT2D eigenvalue weighted by molar-refractivity contribution is 5.82. The molecule has 0 radical (unpaired) electrons. The molecule has 1 aliphatic rings. The van der Waals surface area contributed by atoms with Crippen molar-refractivity contribution in [1.29, 1.82) is 0 Å². The standard InChI is InChI=1S/C11H21N3O2/c1-8(2)14-7-9(6-11(14)16)13-10(15)4-5-12-3/h8-9,12H,4-7H2,1-3H3,(H,13,15). The summed E-state index contributed by atoms with van der Waals surface area (Å²) in [6.45, 7) is 5.29. The maximum absolute atomic E-state index is 11.6. The lowest BCUT2D eigenvalue weighted by atomic mass is 10.2. The van der Waals surface area contributed by atoms with Gasteiger partial charge in [0.25, 0.3) is 0 Å². The Labute approximate surface area is 96.6 Å². The number of likely N-dealkylation sites (tertiary alicyclic amines) is 1. The fraction of sp³-hybridized carbons (Fsp3) is 0.818. The lowest BCUT2D eigenvalue weighted by Crippen LogP contribution is -2.39. The van der Waals surface area contributed by atoms with Crippen molar-refractivity contribution >= 4 is 11.8 Å². The van der Waals surface area contributed by atoms with Gasteiger partial charge in [-0.05, 0) is 20.9 Å². The van der Waals surface area contributed by atoms with Gasteiger partial charge in [-0.15, -0.1) is 0 Å². The number of hydrogen-bond donors (Lipinski definition) is 2. The van der Waals surface area contributed by atoms with E-state index in [1.54, 1.807) is 0 Å². The molecule has 2 amide bonds. The molecule has 0 aromatic rings. The smallest absolute Gasteiger partial charge is 0.225 e. The third-order valence-corrected chi connectivity index (χ3v) is 2.75. The topological polar surface area (TPSA) is 61.4 Å². The van der Waals surface area contributed by atoms with Crippen LogP contribution < -0.4 is 10.6 Å². The largest absolute Gasteiger partial charge is 0.351 e. The molecule has 1 atom stereocenters. The van der Waals surface area contributed by atoms with Gasteiger partial charge < -0.3 is 15.5 Å². The van der Waals surface area contributed by atoms with Crippen LogP contribution in [-0.2, 0) is 9.59 Å². The van der Waals surface area contributed by atoms with E-state index in [4.69, 9.17) is 0 Å². The average molecular weight is 227 g/mol. The Hall–Kier alpha value is -1.10. The van der Waals surface area contributed by atoms with Crippen molar-refractivity contribution in [2.45, 2.75) is 38.8 Å². The van der Waals surface area contributed by atoms with E-state index in [0.29, 0.717) is 25.9 Å². The van der Waals surface area contributed by atoms with E-state index in [9.17, 15) is 9.59 Å². The van der Waals surface area contributed by atoms with Crippen LogP contribution in [0.3, 0.4) is 0 Å². The number of carbonyl (C=O) groups excluding carboxylic acids is 2. The first-order chi connectivity index (χ1) is 7.54. The molecule has 0 bridgehead atoms. The van der Waals surface area contributed by atoms with Gasteiger partial charge >= 0.3 is 0 Å². The molecule has 0 aliphatic carbocycles. The molecule has 16 heavy (non-hydrogen) atoms. The Morgan fingerprint density at radius 2 is 2.25 bits per heavy atom. The summed E-state index contributed by atoms with van der Waals surface area (Å²) >= 11 is 0. The second-order valence-electron chi connectivity index (χ2n) is 4.46. The molecule has 92 valence electrons. The maximum atomic E-state index is 11.6. The first-order valence-electron chi connectivity index (χ1n) is 5.78. The van der Waals surface area contributed by atoms with Crippen LogP contribution in [0.15, 0.2) is 0 Å². The number of amides is 2. The minimum absolute atomic E-state index is 0.0118. The molecule has 1 fully saturated rings. The van der Waals surface area contributed by atoms with E-state index in [0.717, 1.165) is 0 Å². The van der Waals surface area contributed by atoms with Crippen LogP contribution in [-0.4, -0.2) is 48.9 Å². The number of nitrogens with one attached hydrogen (secondary N) is 2. The zero-order valence-corrected chi connectivity index (χ0v) is 10.2. The molecule has 5 nitrogen and oxygen atoms in total. The summed E-state index contributed by atoms with van der Waals surface area (Å²) in [6.07, 6.45) is 0.895. The molecular formula is C11H21N3O2. The predicted molar refractivity (Wildman–Crippen MR) is 61.9 cm³/mol. The summed E-state index contributed by atoms with van der Waals surface area (Å²) in [4.78, 5) is 24.9. The van der Waals surface area contributed by atoms with E-state index >= 15 is 0 Å². The molecule has 1 heterocycles. The third kappa shape index (κ3) is 3.48. The molecule has 0 saturated carbocycles. The van der Waals surface area contributed by atoms with Gasteiger partial charge in [0.1, 0.15) is 0 Å². The van der Waals surface area contributed by atoms with Crippen molar-refractivity contribution in [2.75, 3.05) is 20.1 Å². The Bertz CT molecular complexity index is 266. The van der Waals surface area contributed by atoms with Gasteiger partial charge in [-0.2, -0.15) is 0 Å². The molecule has 1 unspecified atom stereocenters. The van der Waals surface area contributed by atoms with Crippen molar-refractivity contribution in [3.05, 3.63) is 0 Å². The van der Waals surface area contributed by atoms with Crippen molar-refractivity contribution < 1.29 is 9.59 Å². The van der Waals surface area contributed by atoms with E-state index in [2.05, 4.69) is 10.6 Å². The van der Waals surface area contributed by atoms with Crippen LogP contribution in [0.2, 0.25) is 0 Å². The van der Waals surface area contributed by atoms with Gasteiger partial charge in [0.15, 0.2) is 0 Å². The van der Waals surface area contributed by atoms with E-state index in [1.165, 1.54) is 0 Å². The Kier molecular flexibility index (Phi) is 4.73. The minimum Gasteiger partial charge on any atom is -0.351 e. The Morgan fingerprint density at radius 1 is 1.56 bits per heavy atom. The van der Waals surface area contributed by atoms with Gasteiger partial charge in [0.2, 0.25) is 11.8 Å². The zero-order valence-electron chi connectivity index (χ0n) is 10.2.